The molecule has 4 aromatic rings. The predicted octanol–water partition coefficient (Wildman–Crippen LogP) is 3.68. The normalized spacial score (nSPS) is 12.7. The molecule has 0 fully saturated rings. The lowest BCUT2D eigenvalue weighted by Crippen LogP contribution is -2.29. The van der Waals surface area contributed by atoms with Crippen molar-refractivity contribution < 1.29 is 28.2 Å². The molecule has 9 heteroatoms. The number of rotatable bonds is 5. The van der Waals surface area contributed by atoms with Crippen molar-refractivity contribution in [2.24, 2.45) is 0 Å². The van der Waals surface area contributed by atoms with Crippen molar-refractivity contribution in [3.63, 3.8) is 0 Å². The molecule has 0 spiro atoms. The number of hydrogen-bond acceptors (Lipinski definition) is 8. The standard InChI is InChI=1S/C25H18N2O7/c1-31-15-6-4-5-14(10-15)27-23(28)16-8-7-13(9-17(16)24(27)29)22-26-19-12-21(33-3)20(32-2)11-18(19)25(30)34-22/h4-12H,1-3H3. The van der Waals surface area contributed by atoms with Gasteiger partial charge < -0.3 is 18.6 Å². The Morgan fingerprint density at radius 3 is 2.26 bits per heavy atom. The highest BCUT2D eigenvalue weighted by Gasteiger charge is 2.37. The van der Waals surface area contributed by atoms with Gasteiger partial charge in [-0.2, -0.15) is 0 Å². The minimum absolute atomic E-state index is 0.00704. The van der Waals surface area contributed by atoms with Gasteiger partial charge >= 0.3 is 5.63 Å². The fourth-order valence-corrected chi connectivity index (χ4v) is 3.88. The summed E-state index contributed by atoms with van der Waals surface area (Å²) in [4.78, 5) is 44.3. The van der Waals surface area contributed by atoms with Crippen LogP contribution in [0.3, 0.4) is 0 Å². The first-order valence-corrected chi connectivity index (χ1v) is 10.2. The molecule has 3 aromatic carbocycles. The van der Waals surface area contributed by atoms with Crippen molar-refractivity contribution >= 4 is 28.4 Å². The average Bonchev–Trinajstić information content (AvgIpc) is 3.12. The van der Waals surface area contributed by atoms with Crippen LogP contribution >= 0.6 is 0 Å². The van der Waals surface area contributed by atoms with Gasteiger partial charge in [0, 0.05) is 23.8 Å². The maximum atomic E-state index is 13.1. The molecule has 34 heavy (non-hydrogen) atoms. The Morgan fingerprint density at radius 1 is 0.794 bits per heavy atom. The van der Waals surface area contributed by atoms with Gasteiger partial charge in [-0.05, 0) is 30.3 Å². The van der Waals surface area contributed by atoms with Crippen molar-refractivity contribution in [3.8, 4) is 28.7 Å². The van der Waals surface area contributed by atoms with Crippen molar-refractivity contribution in [1.82, 2.24) is 4.98 Å². The Hall–Kier alpha value is -4.66. The molecule has 0 saturated carbocycles. The smallest absolute Gasteiger partial charge is 0.347 e. The first-order valence-electron chi connectivity index (χ1n) is 10.2. The van der Waals surface area contributed by atoms with Crippen molar-refractivity contribution in [1.29, 1.82) is 0 Å². The molecule has 2 heterocycles. The first-order chi connectivity index (χ1) is 16.4. The summed E-state index contributed by atoms with van der Waals surface area (Å²) < 4.78 is 21.1. The second-order valence-electron chi connectivity index (χ2n) is 7.44. The highest BCUT2D eigenvalue weighted by Crippen LogP contribution is 2.34. The van der Waals surface area contributed by atoms with Crippen LogP contribution in [-0.4, -0.2) is 38.1 Å². The number of methoxy groups -OCH3 is 3. The Kier molecular flexibility index (Phi) is 5.01. The largest absolute Gasteiger partial charge is 0.497 e. The zero-order valence-electron chi connectivity index (χ0n) is 18.4. The summed E-state index contributed by atoms with van der Waals surface area (Å²) in [6, 6.07) is 14.3. The van der Waals surface area contributed by atoms with E-state index in [0.717, 1.165) is 4.90 Å². The first kappa shape index (κ1) is 21.2. The summed E-state index contributed by atoms with van der Waals surface area (Å²) >= 11 is 0. The fourth-order valence-electron chi connectivity index (χ4n) is 3.88. The molecule has 170 valence electrons. The summed E-state index contributed by atoms with van der Waals surface area (Å²) in [5.41, 5.74) is 0.907. The van der Waals surface area contributed by atoms with E-state index in [-0.39, 0.29) is 22.4 Å². The minimum Gasteiger partial charge on any atom is -0.497 e. The third-order valence-electron chi connectivity index (χ3n) is 5.58. The van der Waals surface area contributed by atoms with E-state index in [1.54, 1.807) is 36.4 Å². The quantitative estimate of drug-likeness (QED) is 0.417. The van der Waals surface area contributed by atoms with Gasteiger partial charge in [-0.3, -0.25) is 9.59 Å². The number of ether oxygens (including phenoxy) is 3. The summed E-state index contributed by atoms with van der Waals surface area (Å²) in [6.07, 6.45) is 0. The van der Waals surface area contributed by atoms with E-state index >= 15 is 0 Å². The molecule has 1 aliphatic heterocycles. The molecule has 0 bridgehead atoms. The van der Waals surface area contributed by atoms with Crippen LogP contribution in [0.4, 0.5) is 5.69 Å². The van der Waals surface area contributed by atoms with Gasteiger partial charge in [-0.25, -0.2) is 14.7 Å². The third-order valence-corrected chi connectivity index (χ3v) is 5.58. The lowest BCUT2D eigenvalue weighted by Gasteiger charge is -2.14. The summed E-state index contributed by atoms with van der Waals surface area (Å²) in [7, 11) is 4.45. The van der Waals surface area contributed by atoms with E-state index in [1.807, 2.05) is 0 Å². The van der Waals surface area contributed by atoms with E-state index in [9.17, 15) is 14.4 Å². The van der Waals surface area contributed by atoms with E-state index < -0.39 is 17.4 Å². The molecule has 0 atom stereocenters. The van der Waals surface area contributed by atoms with Crippen LogP contribution in [-0.2, 0) is 0 Å². The zero-order chi connectivity index (χ0) is 24.0. The summed E-state index contributed by atoms with van der Waals surface area (Å²) in [5, 5.41) is 0.220. The van der Waals surface area contributed by atoms with Gasteiger partial charge in [0.1, 0.15) is 5.75 Å². The number of anilines is 1. The van der Waals surface area contributed by atoms with Gasteiger partial charge in [-0.15, -0.1) is 0 Å². The van der Waals surface area contributed by atoms with Gasteiger partial charge in [0.15, 0.2) is 11.5 Å². The van der Waals surface area contributed by atoms with E-state index in [1.165, 1.54) is 39.5 Å². The average molecular weight is 458 g/mol. The molecule has 0 aliphatic carbocycles. The molecule has 9 nitrogen and oxygen atoms in total. The van der Waals surface area contributed by atoms with Crippen LogP contribution in [0.15, 0.2) is 63.8 Å². The minimum atomic E-state index is -0.623. The highest BCUT2D eigenvalue weighted by atomic mass is 16.5. The molecule has 0 unspecified atom stereocenters. The number of aromatic nitrogens is 1. The van der Waals surface area contributed by atoms with Crippen LogP contribution in [0.25, 0.3) is 22.4 Å². The molecule has 0 saturated heterocycles. The SMILES string of the molecule is COc1cccc(N2C(=O)c3ccc(-c4nc5cc(OC)c(OC)cc5c(=O)o4)cc3C2=O)c1. The van der Waals surface area contributed by atoms with E-state index in [0.29, 0.717) is 34.0 Å². The molecule has 0 N–H and O–H groups in total. The van der Waals surface area contributed by atoms with Crippen LogP contribution in [0, 0.1) is 0 Å². The number of carbonyl (C=O) groups excluding carboxylic acids is 2. The Bertz CT molecular complexity index is 1540. The number of hydrogen-bond donors (Lipinski definition) is 0. The van der Waals surface area contributed by atoms with E-state index in [2.05, 4.69) is 4.98 Å². The van der Waals surface area contributed by atoms with Crippen LogP contribution < -0.4 is 24.7 Å². The molecular weight excluding hydrogens is 440 g/mol. The second kappa shape index (κ2) is 8.04. The number of amides is 2. The van der Waals surface area contributed by atoms with Gasteiger partial charge in [0.25, 0.3) is 11.8 Å². The maximum absolute atomic E-state index is 13.1. The number of benzene rings is 3. The molecular formula is C25H18N2O7. The monoisotopic (exact) mass is 458 g/mol. The van der Waals surface area contributed by atoms with Crippen molar-refractivity contribution in [3.05, 3.63) is 76.1 Å². The van der Waals surface area contributed by atoms with Crippen molar-refractivity contribution in [2.75, 3.05) is 26.2 Å². The number of nitrogens with zero attached hydrogens (tertiary/aromatic N) is 2. The Morgan fingerprint density at radius 2 is 1.53 bits per heavy atom. The van der Waals surface area contributed by atoms with Gasteiger partial charge in [0.2, 0.25) is 5.89 Å². The lowest BCUT2D eigenvalue weighted by molar-refractivity contribution is 0.0926. The summed E-state index contributed by atoms with van der Waals surface area (Å²) in [5.74, 6) is 0.351. The predicted molar refractivity (Wildman–Crippen MR) is 123 cm³/mol. The Labute approximate surface area is 193 Å². The molecule has 1 aromatic heterocycles. The summed E-state index contributed by atoms with van der Waals surface area (Å²) in [6.45, 7) is 0. The number of carbonyl (C=O) groups is 2. The second-order valence-corrected chi connectivity index (χ2v) is 7.44. The molecule has 0 radical (unpaired) electrons. The number of fused-ring (bicyclic) bond motifs is 2. The molecule has 2 amide bonds. The Balaban J connectivity index is 1.59. The zero-order valence-corrected chi connectivity index (χ0v) is 18.4. The van der Waals surface area contributed by atoms with Gasteiger partial charge in [-0.1, -0.05) is 6.07 Å². The fraction of sp³-hybridized carbons (Fsp3) is 0.120. The molecule has 5 rings (SSSR count). The van der Waals surface area contributed by atoms with E-state index in [4.69, 9.17) is 18.6 Å². The van der Waals surface area contributed by atoms with Crippen LogP contribution in [0.1, 0.15) is 20.7 Å². The van der Waals surface area contributed by atoms with Gasteiger partial charge in [0.05, 0.1) is 49.0 Å². The highest BCUT2D eigenvalue weighted by molar-refractivity contribution is 6.34. The van der Waals surface area contributed by atoms with Crippen molar-refractivity contribution in [2.45, 2.75) is 0 Å². The van der Waals surface area contributed by atoms with Crippen LogP contribution in [0.5, 0.6) is 17.2 Å². The third kappa shape index (κ3) is 3.25. The topological polar surface area (TPSA) is 108 Å². The molecule has 1 aliphatic rings. The lowest BCUT2D eigenvalue weighted by atomic mass is 10.1. The van der Waals surface area contributed by atoms with Crippen LogP contribution in [0.2, 0.25) is 0 Å². The number of imide groups is 1. The maximum Gasteiger partial charge on any atom is 0.347 e.